The van der Waals surface area contributed by atoms with Gasteiger partial charge >= 0.3 is 11.9 Å². The first-order valence-electron chi connectivity index (χ1n) is 7.42. The molecule has 0 amide bonds. The molecule has 2 heterocycles. The van der Waals surface area contributed by atoms with Gasteiger partial charge in [0.1, 0.15) is 0 Å². The van der Waals surface area contributed by atoms with Crippen LogP contribution < -0.4 is 0 Å². The van der Waals surface area contributed by atoms with Crippen molar-refractivity contribution >= 4 is 23.2 Å². The topological polar surface area (TPSA) is 87.7 Å². The molecule has 8 nitrogen and oxygen atoms in total. The van der Waals surface area contributed by atoms with Crippen LogP contribution in [0.25, 0.3) is 22.3 Å². The summed E-state index contributed by atoms with van der Waals surface area (Å²) in [4.78, 5) is 24.1. The SMILES string of the molecule is COC(=O)/C=C(/C(=O)OC)c1c(-c2ccccc2)cc2n(C)nnn12. The number of tetrazole rings is 1. The van der Waals surface area contributed by atoms with E-state index in [0.29, 0.717) is 11.3 Å². The van der Waals surface area contributed by atoms with E-state index < -0.39 is 11.9 Å². The number of carbonyl (C=O) groups excluding carboxylic acids is 2. The van der Waals surface area contributed by atoms with Crippen molar-refractivity contribution < 1.29 is 19.1 Å². The fraction of sp³-hybridized carbons (Fsp3) is 0.176. The molecule has 2 aromatic heterocycles. The molecular formula is C17H16N4O4. The van der Waals surface area contributed by atoms with Gasteiger partial charge in [-0.2, -0.15) is 4.52 Å². The number of rotatable bonds is 4. The molecule has 0 spiro atoms. The second-order valence-electron chi connectivity index (χ2n) is 5.22. The van der Waals surface area contributed by atoms with Gasteiger partial charge in [-0.25, -0.2) is 14.3 Å². The number of aryl methyl sites for hydroxylation is 1. The zero-order valence-electron chi connectivity index (χ0n) is 14.0. The zero-order valence-corrected chi connectivity index (χ0v) is 14.0. The zero-order chi connectivity index (χ0) is 18.0. The molecule has 1 aromatic carbocycles. The number of aromatic nitrogens is 4. The number of fused-ring (bicyclic) bond motifs is 1. The number of carbonyl (C=O) groups is 2. The Labute approximate surface area is 143 Å². The Morgan fingerprint density at radius 1 is 1.08 bits per heavy atom. The van der Waals surface area contributed by atoms with Gasteiger partial charge < -0.3 is 9.47 Å². The summed E-state index contributed by atoms with van der Waals surface area (Å²) in [5, 5.41) is 8.02. The molecule has 0 saturated heterocycles. The Morgan fingerprint density at radius 2 is 1.80 bits per heavy atom. The highest BCUT2D eigenvalue weighted by molar-refractivity contribution is 6.21. The lowest BCUT2D eigenvalue weighted by atomic mass is 10.0. The van der Waals surface area contributed by atoms with Crippen molar-refractivity contribution in [1.82, 2.24) is 19.6 Å². The van der Waals surface area contributed by atoms with Crippen LogP contribution in [0.1, 0.15) is 5.69 Å². The summed E-state index contributed by atoms with van der Waals surface area (Å²) in [6, 6.07) is 11.3. The van der Waals surface area contributed by atoms with E-state index in [1.54, 1.807) is 11.7 Å². The van der Waals surface area contributed by atoms with E-state index in [2.05, 4.69) is 15.2 Å². The van der Waals surface area contributed by atoms with Crippen LogP contribution in [-0.4, -0.2) is 45.8 Å². The molecular weight excluding hydrogens is 324 g/mol. The second kappa shape index (κ2) is 6.60. The lowest BCUT2D eigenvalue weighted by Gasteiger charge is -2.08. The Kier molecular flexibility index (Phi) is 4.34. The molecule has 0 unspecified atom stereocenters. The summed E-state index contributed by atoms with van der Waals surface area (Å²) in [5.74, 6) is -1.34. The maximum absolute atomic E-state index is 12.3. The first-order valence-corrected chi connectivity index (χ1v) is 7.42. The Balaban J connectivity index is 2.33. The van der Waals surface area contributed by atoms with Crippen LogP contribution in [-0.2, 0) is 26.1 Å². The largest absolute Gasteiger partial charge is 0.466 e. The monoisotopic (exact) mass is 340 g/mol. The summed E-state index contributed by atoms with van der Waals surface area (Å²) >= 11 is 0. The summed E-state index contributed by atoms with van der Waals surface area (Å²) in [6.45, 7) is 0. The third-order valence-electron chi connectivity index (χ3n) is 3.76. The molecule has 0 radical (unpaired) electrons. The van der Waals surface area contributed by atoms with Crippen molar-refractivity contribution in [2.45, 2.75) is 0 Å². The number of ether oxygens (including phenoxy) is 2. The van der Waals surface area contributed by atoms with Gasteiger partial charge in [-0.3, -0.25) is 0 Å². The second-order valence-corrected chi connectivity index (χ2v) is 5.22. The van der Waals surface area contributed by atoms with Crippen LogP contribution in [0.3, 0.4) is 0 Å². The lowest BCUT2D eigenvalue weighted by molar-refractivity contribution is -0.136. The molecule has 0 aliphatic heterocycles. The molecule has 0 fully saturated rings. The number of nitrogens with zero attached hydrogens (tertiary/aromatic N) is 4. The first kappa shape index (κ1) is 16.4. The summed E-state index contributed by atoms with van der Waals surface area (Å²) in [5.41, 5.74) is 2.69. The highest BCUT2D eigenvalue weighted by Crippen LogP contribution is 2.32. The fourth-order valence-electron chi connectivity index (χ4n) is 2.56. The minimum Gasteiger partial charge on any atom is -0.466 e. The van der Waals surface area contributed by atoms with Crippen LogP contribution in [0.5, 0.6) is 0 Å². The van der Waals surface area contributed by atoms with Crippen LogP contribution in [0.15, 0.2) is 42.5 Å². The quantitative estimate of drug-likeness (QED) is 0.528. The van der Waals surface area contributed by atoms with Gasteiger partial charge in [0.15, 0.2) is 5.65 Å². The van der Waals surface area contributed by atoms with Gasteiger partial charge in [0.2, 0.25) is 0 Å². The highest BCUT2D eigenvalue weighted by atomic mass is 16.5. The number of methoxy groups -OCH3 is 2. The first-order chi connectivity index (χ1) is 12.1. The van der Waals surface area contributed by atoms with Crippen molar-refractivity contribution in [3.8, 4) is 11.1 Å². The van der Waals surface area contributed by atoms with E-state index in [9.17, 15) is 9.59 Å². The van der Waals surface area contributed by atoms with E-state index in [1.807, 2.05) is 36.4 Å². The maximum Gasteiger partial charge on any atom is 0.340 e. The predicted octanol–water partition coefficient (Wildman–Crippen LogP) is 1.46. The molecule has 0 aliphatic carbocycles. The Bertz CT molecular complexity index is 969. The molecule has 0 bridgehead atoms. The molecule has 0 N–H and O–H groups in total. The van der Waals surface area contributed by atoms with Gasteiger partial charge in [0.25, 0.3) is 0 Å². The third-order valence-corrected chi connectivity index (χ3v) is 3.76. The third kappa shape index (κ3) is 2.89. The van der Waals surface area contributed by atoms with Gasteiger partial charge in [0.05, 0.1) is 25.5 Å². The van der Waals surface area contributed by atoms with Gasteiger partial charge in [-0.05, 0) is 22.1 Å². The van der Waals surface area contributed by atoms with Crippen molar-refractivity contribution in [3.05, 3.63) is 48.2 Å². The standard InChI is InChI=1S/C17H16N4O4/c1-20-14-9-12(11-7-5-4-6-8-11)16(21(14)19-18-20)13(17(23)25-3)10-15(22)24-2/h4-10H,1-3H3/b13-10+. The van der Waals surface area contributed by atoms with Gasteiger partial charge in [-0.15, -0.1) is 0 Å². The van der Waals surface area contributed by atoms with Crippen LogP contribution in [0.2, 0.25) is 0 Å². The highest BCUT2D eigenvalue weighted by Gasteiger charge is 2.25. The van der Waals surface area contributed by atoms with Crippen LogP contribution >= 0.6 is 0 Å². The maximum atomic E-state index is 12.3. The Hall–Kier alpha value is -3.42. The lowest BCUT2D eigenvalue weighted by Crippen LogP contribution is -2.10. The fourth-order valence-corrected chi connectivity index (χ4v) is 2.56. The van der Waals surface area contributed by atoms with E-state index in [4.69, 9.17) is 4.74 Å². The normalized spacial score (nSPS) is 11.6. The van der Waals surface area contributed by atoms with Crippen molar-refractivity contribution in [1.29, 1.82) is 0 Å². The number of hydrogen-bond donors (Lipinski definition) is 0. The molecule has 0 atom stereocenters. The van der Waals surface area contributed by atoms with E-state index in [1.165, 1.54) is 18.7 Å². The molecule has 0 saturated carbocycles. The number of esters is 2. The van der Waals surface area contributed by atoms with E-state index in [-0.39, 0.29) is 5.57 Å². The summed E-state index contributed by atoms with van der Waals surface area (Å²) in [6.07, 6.45) is 1.09. The van der Waals surface area contributed by atoms with Crippen LogP contribution in [0.4, 0.5) is 0 Å². The van der Waals surface area contributed by atoms with Crippen LogP contribution in [0, 0.1) is 0 Å². The molecule has 128 valence electrons. The van der Waals surface area contributed by atoms with Crippen molar-refractivity contribution in [3.63, 3.8) is 0 Å². The molecule has 3 rings (SSSR count). The van der Waals surface area contributed by atoms with E-state index >= 15 is 0 Å². The van der Waals surface area contributed by atoms with Gasteiger partial charge in [-0.1, -0.05) is 30.3 Å². The Morgan fingerprint density at radius 3 is 2.44 bits per heavy atom. The number of benzene rings is 1. The van der Waals surface area contributed by atoms with Crippen molar-refractivity contribution in [2.75, 3.05) is 14.2 Å². The molecule has 3 aromatic rings. The average Bonchev–Trinajstić information content (AvgIpc) is 3.19. The molecule has 8 heteroatoms. The minimum absolute atomic E-state index is 0.0358. The number of hydrogen-bond acceptors (Lipinski definition) is 6. The average molecular weight is 340 g/mol. The summed E-state index contributed by atoms with van der Waals surface area (Å²) in [7, 11) is 4.22. The summed E-state index contributed by atoms with van der Waals surface area (Å²) < 4.78 is 12.6. The molecule has 25 heavy (non-hydrogen) atoms. The van der Waals surface area contributed by atoms with E-state index in [0.717, 1.165) is 17.2 Å². The van der Waals surface area contributed by atoms with Crippen molar-refractivity contribution in [2.24, 2.45) is 7.05 Å². The molecule has 0 aliphatic rings. The minimum atomic E-state index is -0.673. The predicted molar refractivity (Wildman–Crippen MR) is 89.4 cm³/mol. The van der Waals surface area contributed by atoms with Gasteiger partial charge in [0, 0.05) is 18.7 Å². The smallest absolute Gasteiger partial charge is 0.340 e.